The molecular weight excluding hydrogens is 496 g/mol. The maximum atomic E-state index is 13.7. The van der Waals surface area contributed by atoms with E-state index in [4.69, 9.17) is 5.73 Å². The Balaban J connectivity index is 1.85. The molecule has 0 heterocycles. The van der Waals surface area contributed by atoms with Crippen LogP contribution in [-0.4, -0.2) is 66.2 Å². The lowest BCUT2D eigenvalue weighted by Crippen LogP contribution is -2.64. The van der Waals surface area contributed by atoms with Crippen LogP contribution in [0.3, 0.4) is 0 Å². The van der Waals surface area contributed by atoms with Crippen LogP contribution < -0.4 is 11.1 Å². The summed E-state index contributed by atoms with van der Waals surface area (Å²) in [6, 6.07) is 2.90. The molecule has 2 amide bonds. The molecule has 1 aromatic rings. The number of nitrogens with two attached hydrogens (primary N) is 1. The Morgan fingerprint density at radius 3 is 2.37 bits per heavy atom. The summed E-state index contributed by atoms with van der Waals surface area (Å²) >= 11 is 0. The number of hydrogen-bond donors (Lipinski definition) is 7. The molecule has 0 radical (unpaired) electrons. The van der Waals surface area contributed by atoms with E-state index in [0.717, 1.165) is 0 Å². The van der Waals surface area contributed by atoms with Gasteiger partial charge in [-0.1, -0.05) is 13.0 Å². The Morgan fingerprint density at radius 2 is 1.79 bits per heavy atom. The Morgan fingerprint density at radius 1 is 1.16 bits per heavy atom. The number of primary amides is 1. The maximum absolute atomic E-state index is 13.7. The second-order valence-electron chi connectivity index (χ2n) is 11.3. The molecule has 0 spiro atoms. The van der Waals surface area contributed by atoms with Crippen molar-refractivity contribution in [1.29, 1.82) is 0 Å². The fourth-order valence-corrected chi connectivity index (χ4v) is 6.12. The molecule has 0 unspecified atom stereocenters. The van der Waals surface area contributed by atoms with Gasteiger partial charge in [-0.15, -0.1) is 0 Å². The number of amides is 2. The molecule has 0 aliphatic heterocycles. The third-order valence-corrected chi connectivity index (χ3v) is 7.70. The van der Waals surface area contributed by atoms with Crippen LogP contribution in [0.2, 0.25) is 0 Å². The number of Topliss-reactive ketones (excluding diaryl/α,β-unsaturated/α-hetero) is 2. The average molecular weight is 529 g/mol. The molecule has 38 heavy (non-hydrogen) atoms. The van der Waals surface area contributed by atoms with Crippen molar-refractivity contribution in [3.63, 3.8) is 0 Å². The van der Waals surface area contributed by atoms with Crippen molar-refractivity contribution >= 4 is 29.1 Å². The number of carbonyl (C=O) groups is 4. The molecule has 1 aromatic carbocycles. The Hall–Kier alpha value is -3.70. The fraction of sp³-hybridized carbons (Fsp3) is 0.481. The van der Waals surface area contributed by atoms with Gasteiger partial charge in [0.25, 0.3) is 5.91 Å². The molecule has 8 N–H and O–H groups in total. The predicted molar refractivity (Wildman–Crippen MR) is 134 cm³/mol. The standard InChI is InChI=1S/C27H32N2O9/c1-10-16-11(6-8-15(32)29-26(2,3)4)5-7-13(30)18(16)22(34)20-17(10)21(33)12-9-14(31)19(25(28)37)23(35)27(12,38)24(20)36/h5,7,10,12,17,21,30,33-35,38H,6,8-9H2,1-4H3,(H2,28,37)(H,29,32)/t10-,12+,17+,21+,27+/m0/s1. The lowest BCUT2D eigenvalue weighted by molar-refractivity contribution is -0.160. The van der Waals surface area contributed by atoms with E-state index in [1.807, 2.05) is 20.8 Å². The first kappa shape index (κ1) is 27.3. The molecule has 0 saturated heterocycles. The summed E-state index contributed by atoms with van der Waals surface area (Å²) in [5.41, 5.74) is 1.40. The van der Waals surface area contributed by atoms with E-state index in [-0.39, 0.29) is 30.1 Å². The summed E-state index contributed by atoms with van der Waals surface area (Å²) in [5.74, 6) is -9.40. The number of fused-ring (bicyclic) bond motifs is 3. The molecule has 1 fully saturated rings. The van der Waals surface area contributed by atoms with Crippen LogP contribution in [-0.2, 0) is 25.6 Å². The third-order valence-electron chi connectivity index (χ3n) is 7.70. The molecule has 4 rings (SSSR count). The van der Waals surface area contributed by atoms with Crippen molar-refractivity contribution in [2.45, 2.75) is 70.1 Å². The van der Waals surface area contributed by atoms with Gasteiger partial charge in [0, 0.05) is 35.8 Å². The Kier molecular flexibility index (Phi) is 6.44. The number of aliphatic hydroxyl groups is 4. The highest BCUT2D eigenvalue weighted by Crippen LogP contribution is 2.56. The molecule has 11 nitrogen and oxygen atoms in total. The molecule has 1 saturated carbocycles. The van der Waals surface area contributed by atoms with E-state index in [9.17, 15) is 44.7 Å². The van der Waals surface area contributed by atoms with E-state index in [1.54, 1.807) is 13.0 Å². The molecule has 0 bridgehead atoms. The van der Waals surface area contributed by atoms with Crippen LogP contribution in [0.1, 0.15) is 63.1 Å². The minimum Gasteiger partial charge on any atom is -0.508 e. The lowest BCUT2D eigenvalue weighted by atomic mass is 9.55. The van der Waals surface area contributed by atoms with E-state index in [2.05, 4.69) is 5.32 Å². The number of phenols is 1. The normalized spacial score (nSPS) is 29.0. The van der Waals surface area contributed by atoms with Crippen LogP contribution >= 0.6 is 0 Å². The number of hydrogen-bond acceptors (Lipinski definition) is 9. The SMILES string of the molecule is C[C@H]1c2c(CCC(=O)NC(C)(C)C)ccc(O)c2C(O)=C2C(=O)[C@]3(O)C(O)=C(C(N)=O)C(=O)C[C@@H]3[C@@H](O)[C@@H]21. The number of benzene rings is 1. The smallest absolute Gasteiger partial charge is 0.255 e. The molecule has 3 aliphatic rings. The first-order chi connectivity index (χ1) is 17.5. The lowest BCUT2D eigenvalue weighted by Gasteiger charge is -2.50. The summed E-state index contributed by atoms with van der Waals surface area (Å²) in [4.78, 5) is 50.5. The van der Waals surface area contributed by atoms with Gasteiger partial charge in [0.15, 0.2) is 11.4 Å². The van der Waals surface area contributed by atoms with Gasteiger partial charge in [-0.2, -0.15) is 0 Å². The summed E-state index contributed by atoms with van der Waals surface area (Å²) in [6.07, 6.45) is -1.94. The molecule has 5 atom stereocenters. The minimum absolute atomic E-state index is 0.0921. The molecule has 0 aromatic heterocycles. The molecule has 204 valence electrons. The van der Waals surface area contributed by atoms with Crippen LogP contribution in [0.5, 0.6) is 5.75 Å². The van der Waals surface area contributed by atoms with Gasteiger partial charge in [0.1, 0.15) is 22.8 Å². The van der Waals surface area contributed by atoms with E-state index >= 15 is 0 Å². The topological polar surface area (TPSA) is 207 Å². The first-order valence-corrected chi connectivity index (χ1v) is 12.3. The highest BCUT2D eigenvalue weighted by Gasteiger charge is 2.65. The summed E-state index contributed by atoms with van der Waals surface area (Å²) in [7, 11) is 0. The maximum Gasteiger partial charge on any atom is 0.255 e. The molecule has 3 aliphatic carbocycles. The number of carbonyl (C=O) groups excluding carboxylic acids is 4. The van der Waals surface area contributed by atoms with Gasteiger partial charge in [0.2, 0.25) is 11.7 Å². The second-order valence-corrected chi connectivity index (χ2v) is 11.3. The number of aryl methyl sites for hydroxylation is 1. The van der Waals surface area contributed by atoms with Gasteiger partial charge >= 0.3 is 0 Å². The summed E-state index contributed by atoms with van der Waals surface area (Å²) in [6.45, 7) is 7.19. The summed E-state index contributed by atoms with van der Waals surface area (Å²) < 4.78 is 0. The van der Waals surface area contributed by atoms with Gasteiger partial charge in [0.05, 0.1) is 11.7 Å². The number of aromatic hydroxyl groups is 1. The molecule has 11 heteroatoms. The number of ketones is 2. The van der Waals surface area contributed by atoms with Crippen molar-refractivity contribution in [2.75, 3.05) is 0 Å². The van der Waals surface area contributed by atoms with Gasteiger partial charge < -0.3 is 36.6 Å². The number of nitrogens with one attached hydrogen (secondary N) is 1. The van der Waals surface area contributed by atoms with Crippen LogP contribution in [0.15, 0.2) is 29.0 Å². The van der Waals surface area contributed by atoms with Crippen LogP contribution in [0.4, 0.5) is 0 Å². The zero-order valence-electron chi connectivity index (χ0n) is 21.5. The highest BCUT2D eigenvalue weighted by molar-refractivity contribution is 6.23. The van der Waals surface area contributed by atoms with Crippen molar-refractivity contribution in [1.82, 2.24) is 5.32 Å². The fourth-order valence-electron chi connectivity index (χ4n) is 6.12. The summed E-state index contributed by atoms with van der Waals surface area (Å²) in [5, 5.41) is 58.2. The quantitative estimate of drug-likeness (QED) is 0.275. The predicted octanol–water partition coefficient (Wildman–Crippen LogP) is 0.803. The Bertz CT molecular complexity index is 1340. The van der Waals surface area contributed by atoms with Gasteiger partial charge in [-0.05, 0) is 50.3 Å². The number of aliphatic hydroxyl groups excluding tert-OH is 3. The van der Waals surface area contributed by atoms with Crippen molar-refractivity contribution in [3.8, 4) is 5.75 Å². The van der Waals surface area contributed by atoms with Crippen molar-refractivity contribution in [3.05, 3.63) is 45.7 Å². The van der Waals surface area contributed by atoms with Crippen molar-refractivity contribution in [2.24, 2.45) is 17.6 Å². The number of rotatable bonds is 4. The zero-order valence-corrected chi connectivity index (χ0v) is 21.5. The number of phenolic OH excluding ortho intramolecular Hbond substituents is 1. The average Bonchev–Trinajstić information content (AvgIpc) is 2.79. The van der Waals surface area contributed by atoms with Crippen molar-refractivity contribution < 1.29 is 44.7 Å². The Labute approximate surface area is 218 Å². The minimum atomic E-state index is -2.88. The monoisotopic (exact) mass is 528 g/mol. The van der Waals surface area contributed by atoms with Crippen LogP contribution in [0, 0.1) is 11.8 Å². The van der Waals surface area contributed by atoms with E-state index < -0.39 is 81.6 Å². The largest absolute Gasteiger partial charge is 0.508 e. The first-order valence-electron chi connectivity index (χ1n) is 12.3. The zero-order chi connectivity index (χ0) is 28.5. The van der Waals surface area contributed by atoms with Gasteiger partial charge in [-0.25, -0.2) is 0 Å². The highest BCUT2D eigenvalue weighted by atomic mass is 16.4. The molecular formula is C27H32N2O9. The third kappa shape index (κ3) is 3.97. The second kappa shape index (κ2) is 8.95. The van der Waals surface area contributed by atoms with E-state index in [0.29, 0.717) is 11.1 Å². The van der Waals surface area contributed by atoms with Crippen LogP contribution in [0.25, 0.3) is 5.76 Å². The van der Waals surface area contributed by atoms with E-state index in [1.165, 1.54) is 6.07 Å². The van der Waals surface area contributed by atoms with Gasteiger partial charge in [-0.3, -0.25) is 19.2 Å².